The number of anilines is 4. The molecular weight excluding hydrogens is 659 g/mol. The maximum absolute atomic E-state index is 14.1. The van der Waals surface area contributed by atoms with Crippen molar-refractivity contribution in [2.75, 3.05) is 37.9 Å². The highest BCUT2D eigenvalue weighted by Crippen LogP contribution is 2.58. The van der Waals surface area contributed by atoms with Crippen molar-refractivity contribution < 1.29 is 27.4 Å². The summed E-state index contributed by atoms with van der Waals surface area (Å²) >= 11 is 0. The van der Waals surface area contributed by atoms with Gasteiger partial charge in [-0.05, 0) is 87.0 Å². The lowest BCUT2D eigenvalue weighted by atomic mass is 9.52. The van der Waals surface area contributed by atoms with Crippen molar-refractivity contribution in [1.82, 2.24) is 25.5 Å². The smallest absolute Gasteiger partial charge is 0.421 e. The Morgan fingerprint density at radius 3 is 2.53 bits per heavy atom. The van der Waals surface area contributed by atoms with Crippen LogP contribution in [-0.2, 0) is 6.18 Å². The van der Waals surface area contributed by atoms with E-state index in [0.717, 1.165) is 38.5 Å². The first-order valence-corrected chi connectivity index (χ1v) is 18.0. The van der Waals surface area contributed by atoms with Gasteiger partial charge >= 0.3 is 6.18 Å². The average molecular weight is 708 g/mol. The molecule has 51 heavy (non-hydrogen) atoms. The highest BCUT2D eigenvalue weighted by Gasteiger charge is 2.58. The lowest BCUT2D eigenvalue weighted by Crippen LogP contribution is -2.63. The SMILES string of the molecule is CNC(=O)c1cccc(C)c1Nc1nc(Nc2ccc(O[C@]34CC5CC(C3)[C@@H](N3CC[C@H](NC(C)C)C3)C(C5)C4)cc2OC)ncc1C(F)(F)F. The van der Waals surface area contributed by atoms with E-state index in [-0.39, 0.29) is 22.8 Å². The lowest BCUT2D eigenvalue weighted by molar-refractivity contribution is -0.144. The van der Waals surface area contributed by atoms with Crippen LogP contribution < -0.4 is 30.7 Å². The molecule has 8 rings (SSSR count). The maximum atomic E-state index is 14.1. The van der Waals surface area contributed by atoms with Crippen molar-refractivity contribution in [2.45, 2.75) is 89.2 Å². The maximum Gasteiger partial charge on any atom is 0.421 e. The summed E-state index contributed by atoms with van der Waals surface area (Å²) in [5.41, 5.74) is 0.186. The highest BCUT2D eigenvalue weighted by molar-refractivity contribution is 6.00. The molecule has 0 spiro atoms. The third-order valence-electron chi connectivity index (χ3n) is 11.2. The highest BCUT2D eigenvalue weighted by atomic mass is 19.4. The van der Waals surface area contributed by atoms with Gasteiger partial charge < -0.3 is 30.7 Å². The molecule has 0 radical (unpaired) electrons. The molecule has 1 aliphatic heterocycles. The summed E-state index contributed by atoms with van der Waals surface area (Å²) in [5.74, 6) is 2.09. The molecule has 4 N–H and O–H groups in total. The number of likely N-dealkylation sites (tertiary alicyclic amines) is 1. The number of aromatic nitrogens is 2. The van der Waals surface area contributed by atoms with E-state index >= 15 is 0 Å². The predicted octanol–water partition coefficient (Wildman–Crippen LogP) is 7.06. The van der Waals surface area contributed by atoms with Crippen LogP contribution in [0, 0.1) is 24.7 Å². The van der Waals surface area contributed by atoms with Gasteiger partial charge in [0.1, 0.15) is 28.5 Å². The number of methoxy groups -OCH3 is 1. The number of nitrogens with zero attached hydrogens (tertiary/aromatic N) is 3. The van der Waals surface area contributed by atoms with E-state index < -0.39 is 23.5 Å². The van der Waals surface area contributed by atoms with Gasteiger partial charge in [0.05, 0.1) is 24.0 Å². The molecule has 4 bridgehead atoms. The Morgan fingerprint density at radius 1 is 1.08 bits per heavy atom. The minimum absolute atomic E-state index is 0.0765. The number of amides is 1. The third kappa shape index (κ3) is 7.19. The number of hydrogen-bond donors (Lipinski definition) is 4. The van der Waals surface area contributed by atoms with E-state index in [1.165, 1.54) is 39.5 Å². The normalized spacial score (nSPS) is 27.1. The summed E-state index contributed by atoms with van der Waals surface area (Å²) in [6.45, 7) is 8.44. The number of carbonyl (C=O) groups is 1. The number of nitrogens with one attached hydrogen (secondary N) is 4. The first kappa shape index (κ1) is 35.3. The lowest BCUT2D eigenvalue weighted by Gasteiger charge is -2.61. The first-order valence-electron chi connectivity index (χ1n) is 18.0. The van der Waals surface area contributed by atoms with Gasteiger partial charge in [-0.1, -0.05) is 26.0 Å². The van der Waals surface area contributed by atoms with Crippen molar-refractivity contribution in [3.8, 4) is 11.5 Å². The molecule has 3 atom stereocenters. The molecular formula is C38H48F3N7O3. The van der Waals surface area contributed by atoms with Gasteiger partial charge in [-0.15, -0.1) is 0 Å². The van der Waals surface area contributed by atoms with Crippen molar-refractivity contribution >= 4 is 29.0 Å². The number of halogens is 3. The predicted molar refractivity (Wildman–Crippen MR) is 190 cm³/mol. The molecule has 1 amide bonds. The molecule has 2 aromatic carbocycles. The van der Waals surface area contributed by atoms with Gasteiger partial charge in [0.2, 0.25) is 5.95 Å². The monoisotopic (exact) mass is 707 g/mol. The van der Waals surface area contributed by atoms with Crippen LogP contribution in [0.15, 0.2) is 42.6 Å². The van der Waals surface area contributed by atoms with Crippen LogP contribution in [0.1, 0.15) is 73.9 Å². The molecule has 3 aromatic rings. The molecule has 4 aliphatic carbocycles. The number of alkyl halides is 3. The number of hydrogen-bond acceptors (Lipinski definition) is 9. The van der Waals surface area contributed by atoms with Gasteiger partial charge in [0.15, 0.2) is 0 Å². The fourth-order valence-electron chi connectivity index (χ4n) is 9.54. The van der Waals surface area contributed by atoms with Gasteiger partial charge in [-0.2, -0.15) is 18.2 Å². The zero-order chi connectivity index (χ0) is 36.1. The van der Waals surface area contributed by atoms with E-state index in [1.807, 2.05) is 12.1 Å². The van der Waals surface area contributed by atoms with Gasteiger partial charge in [-0.25, -0.2) is 4.98 Å². The molecule has 5 fully saturated rings. The second kappa shape index (κ2) is 13.8. The number of para-hydroxylation sites is 1. The van der Waals surface area contributed by atoms with E-state index in [9.17, 15) is 18.0 Å². The van der Waals surface area contributed by atoms with E-state index in [4.69, 9.17) is 9.47 Å². The van der Waals surface area contributed by atoms with Crippen LogP contribution >= 0.6 is 0 Å². The topological polar surface area (TPSA) is 113 Å². The minimum atomic E-state index is -4.74. The largest absolute Gasteiger partial charge is 0.494 e. The quantitative estimate of drug-likeness (QED) is 0.167. The van der Waals surface area contributed by atoms with Gasteiger partial charge in [0, 0.05) is 50.5 Å². The summed E-state index contributed by atoms with van der Waals surface area (Å²) in [7, 11) is 3.00. The van der Waals surface area contributed by atoms with Crippen molar-refractivity contribution in [1.29, 1.82) is 0 Å². The van der Waals surface area contributed by atoms with Crippen molar-refractivity contribution in [2.24, 2.45) is 17.8 Å². The van der Waals surface area contributed by atoms with E-state index in [2.05, 4.69) is 50.0 Å². The van der Waals surface area contributed by atoms with Crippen LogP contribution in [0.3, 0.4) is 0 Å². The molecule has 13 heteroatoms. The van der Waals surface area contributed by atoms with Crippen molar-refractivity contribution in [3.05, 3.63) is 59.3 Å². The molecule has 10 nitrogen and oxygen atoms in total. The van der Waals surface area contributed by atoms with Gasteiger partial charge in [-0.3, -0.25) is 9.69 Å². The molecule has 1 saturated heterocycles. The Hall–Kier alpha value is -4.10. The Kier molecular flexibility index (Phi) is 9.55. The molecule has 1 aromatic heterocycles. The molecule has 2 heterocycles. The first-order chi connectivity index (χ1) is 24.3. The zero-order valence-electron chi connectivity index (χ0n) is 29.9. The Morgan fingerprint density at radius 2 is 1.84 bits per heavy atom. The molecule has 5 aliphatic rings. The summed E-state index contributed by atoms with van der Waals surface area (Å²) in [6, 6.07) is 12.1. The Bertz CT molecular complexity index is 1750. The average Bonchev–Trinajstić information content (AvgIpc) is 3.52. The van der Waals surface area contributed by atoms with E-state index in [1.54, 1.807) is 25.1 Å². The number of carbonyl (C=O) groups excluding carboxylic acids is 1. The Balaban J connectivity index is 1.09. The van der Waals surface area contributed by atoms with Gasteiger partial charge in [0.25, 0.3) is 5.91 Å². The van der Waals surface area contributed by atoms with Crippen LogP contribution in [0.2, 0.25) is 0 Å². The standard InChI is InChI=1S/C38H48F3N7O3/c1-21(2)44-26-11-12-48(20-26)33-24-13-23-14-25(33)18-37(16-23,17-24)51-27-9-10-30(31(15-27)50-5)45-36-43-19-29(38(39,40)41)34(47-36)46-32-22(3)7-6-8-28(32)35(49)42-4/h6-10,15,19,21,23-26,33,44H,11-14,16-18,20H2,1-5H3,(H,42,49)(H2,43,45,46,47)/t23?,24?,25?,26-,33-,37-/m0/s1. The summed E-state index contributed by atoms with van der Waals surface area (Å²) in [5, 5.41) is 12.1. The van der Waals surface area contributed by atoms with E-state index in [0.29, 0.717) is 58.6 Å². The number of aryl methyl sites for hydroxylation is 1. The Labute approximate surface area is 297 Å². The number of ether oxygens (including phenoxy) is 2. The second-order valence-corrected chi connectivity index (χ2v) is 15.2. The minimum Gasteiger partial charge on any atom is -0.494 e. The summed E-state index contributed by atoms with van der Waals surface area (Å²) < 4.78 is 54.9. The number of benzene rings is 2. The zero-order valence-corrected chi connectivity index (χ0v) is 29.9. The molecule has 2 unspecified atom stereocenters. The fourth-order valence-corrected chi connectivity index (χ4v) is 9.54. The van der Waals surface area contributed by atoms with Crippen LogP contribution in [0.5, 0.6) is 11.5 Å². The van der Waals surface area contributed by atoms with Crippen LogP contribution in [0.4, 0.5) is 36.3 Å². The van der Waals surface area contributed by atoms with Crippen molar-refractivity contribution in [3.63, 3.8) is 0 Å². The second-order valence-electron chi connectivity index (χ2n) is 15.2. The molecule has 4 saturated carbocycles. The number of rotatable bonds is 11. The fraction of sp³-hybridized carbons (Fsp3) is 0.553. The molecule has 274 valence electrons. The third-order valence-corrected chi connectivity index (χ3v) is 11.2. The van der Waals surface area contributed by atoms with Crippen LogP contribution in [-0.4, -0.2) is 71.7 Å². The summed E-state index contributed by atoms with van der Waals surface area (Å²) in [6.07, 6.45) is 2.89. The summed E-state index contributed by atoms with van der Waals surface area (Å²) in [4.78, 5) is 23.5. The van der Waals surface area contributed by atoms with Crippen LogP contribution in [0.25, 0.3) is 0 Å².